The van der Waals surface area contributed by atoms with E-state index in [9.17, 15) is 24.3 Å². The van der Waals surface area contributed by atoms with Crippen molar-refractivity contribution in [3.8, 4) is 0 Å². The van der Waals surface area contributed by atoms with E-state index in [4.69, 9.17) is 5.73 Å². The number of ether oxygens (including phenoxy) is 1. The fourth-order valence-electron chi connectivity index (χ4n) is 2.18. The van der Waals surface area contributed by atoms with Crippen molar-refractivity contribution in [3.63, 3.8) is 0 Å². The molecule has 0 aliphatic heterocycles. The highest BCUT2D eigenvalue weighted by Gasteiger charge is 2.25. The van der Waals surface area contributed by atoms with Crippen molar-refractivity contribution >= 4 is 23.8 Å². The van der Waals surface area contributed by atoms with E-state index in [1.165, 1.54) is 7.11 Å². The van der Waals surface area contributed by atoms with Crippen molar-refractivity contribution in [2.75, 3.05) is 13.7 Å². The van der Waals surface area contributed by atoms with Crippen LogP contribution in [0.4, 0.5) is 4.79 Å². The molecule has 3 atom stereocenters. The van der Waals surface area contributed by atoms with Gasteiger partial charge in [-0.1, -0.05) is 27.7 Å². The summed E-state index contributed by atoms with van der Waals surface area (Å²) in [7, 11) is 1.21. The first-order chi connectivity index (χ1) is 12.5. The predicted molar refractivity (Wildman–Crippen MR) is 98.4 cm³/mol. The van der Waals surface area contributed by atoms with Crippen molar-refractivity contribution < 1.29 is 29.0 Å². The molecule has 156 valence electrons. The lowest BCUT2D eigenvalue weighted by Gasteiger charge is -2.25. The minimum atomic E-state index is -1.12. The molecule has 6 N–H and O–H groups in total. The molecule has 0 aromatic heterocycles. The van der Waals surface area contributed by atoms with Gasteiger partial charge in [0.05, 0.1) is 38.3 Å². The molecule has 0 spiro atoms. The van der Waals surface area contributed by atoms with Crippen molar-refractivity contribution in [2.45, 2.75) is 58.7 Å². The standard InChI is InChI=1S/C17H32N4O6/c1-9(2)6-11(12(22)7-14(24)27-5)20-13(23)8-19-17(26)21-16(25)15(18)10(3)4/h9-12,15,22H,6-8,18H2,1-5H3,(H,20,23)(H2,19,21,25,26)/t11?,12?,15-/m0/s1. The number of aliphatic hydroxyl groups excluding tert-OH is 1. The molecule has 0 aromatic carbocycles. The van der Waals surface area contributed by atoms with Gasteiger partial charge >= 0.3 is 12.0 Å². The minimum Gasteiger partial charge on any atom is -0.469 e. The fraction of sp³-hybridized carbons (Fsp3) is 0.765. The number of hydrogen-bond acceptors (Lipinski definition) is 7. The van der Waals surface area contributed by atoms with Crippen LogP contribution in [0.25, 0.3) is 0 Å². The first-order valence-electron chi connectivity index (χ1n) is 8.86. The van der Waals surface area contributed by atoms with Crippen LogP contribution in [0.15, 0.2) is 0 Å². The zero-order chi connectivity index (χ0) is 21.1. The zero-order valence-electron chi connectivity index (χ0n) is 16.6. The monoisotopic (exact) mass is 388 g/mol. The summed E-state index contributed by atoms with van der Waals surface area (Å²) in [5, 5.41) is 17.0. The first kappa shape index (κ1) is 24.8. The van der Waals surface area contributed by atoms with Gasteiger partial charge in [-0.2, -0.15) is 0 Å². The number of aliphatic hydroxyl groups is 1. The Balaban J connectivity index is 4.57. The number of hydrogen-bond donors (Lipinski definition) is 5. The third kappa shape index (κ3) is 10.5. The van der Waals surface area contributed by atoms with E-state index in [1.807, 2.05) is 13.8 Å². The summed E-state index contributed by atoms with van der Waals surface area (Å²) >= 11 is 0. The van der Waals surface area contributed by atoms with Gasteiger partial charge in [-0.3, -0.25) is 19.7 Å². The van der Waals surface area contributed by atoms with E-state index < -0.39 is 48.5 Å². The Morgan fingerprint density at radius 1 is 1.11 bits per heavy atom. The Morgan fingerprint density at radius 3 is 2.19 bits per heavy atom. The molecule has 27 heavy (non-hydrogen) atoms. The molecule has 0 saturated heterocycles. The Labute approximate surface area is 159 Å². The molecule has 2 unspecified atom stereocenters. The Morgan fingerprint density at radius 2 is 1.70 bits per heavy atom. The van der Waals surface area contributed by atoms with Crippen LogP contribution in [0.2, 0.25) is 0 Å². The third-order valence-electron chi connectivity index (χ3n) is 3.81. The summed E-state index contributed by atoms with van der Waals surface area (Å²) in [6.45, 7) is 6.88. The van der Waals surface area contributed by atoms with Gasteiger partial charge in [-0.25, -0.2) is 4.79 Å². The number of amides is 4. The van der Waals surface area contributed by atoms with Gasteiger partial charge in [0, 0.05) is 0 Å². The second-order valence-corrected chi connectivity index (χ2v) is 7.09. The average molecular weight is 388 g/mol. The number of carbonyl (C=O) groups is 4. The molecule has 10 heteroatoms. The minimum absolute atomic E-state index is 0.144. The Bertz CT molecular complexity index is 524. The van der Waals surface area contributed by atoms with Gasteiger partial charge < -0.3 is 26.2 Å². The molecule has 0 rings (SSSR count). The highest BCUT2D eigenvalue weighted by Crippen LogP contribution is 2.11. The summed E-state index contributed by atoms with van der Waals surface area (Å²) < 4.78 is 4.51. The quantitative estimate of drug-likeness (QED) is 0.308. The van der Waals surface area contributed by atoms with E-state index in [2.05, 4.69) is 20.7 Å². The van der Waals surface area contributed by atoms with Crippen molar-refractivity contribution in [3.05, 3.63) is 0 Å². The van der Waals surface area contributed by atoms with E-state index >= 15 is 0 Å². The van der Waals surface area contributed by atoms with Gasteiger partial charge in [0.25, 0.3) is 0 Å². The maximum atomic E-state index is 12.0. The largest absolute Gasteiger partial charge is 0.469 e. The van der Waals surface area contributed by atoms with E-state index in [0.29, 0.717) is 6.42 Å². The molecule has 0 heterocycles. The summed E-state index contributed by atoms with van der Waals surface area (Å²) in [6.07, 6.45) is -0.954. The Kier molecular flexibility index (Phi) is 11.2. The number of rotatable bonds is 10. The van der Waals surface area contributed by atoms with Gasteiger partial charge in [-0.15, -0.1) is 0 Å². The van der Waals surface area contributed by atoms with Gasteiger partial charge in [0.15, 0.2) is 0 Å². The van der Waals surface area contributed by atoms with Crippen molar-refractivity contribution in [1.29, 1.82) is 0 Å². The lowest BCUT2D eigenvalue weighted by molar-refractivity contribution is -0.143. The smallest absolute Gasteiger partial charge is 0.321 e. The van der Waals surface area contributed by atoms with E-state index in [-0.39, 0.29) is 18.3 Å². The second kappa shape index (κ2) is 12.2. The van der Waals surface area contributed by atoms with Gasteiger partial charge in [0.2, 0.25) is 11.8 Å². The van der Waals surface area contributed by atoms with Crippen molar-refractivity contribution in [2.24, 2.45) is 17.6 Å². The number of nitrogens with one attached hydrogen (secondary N) is 3. The number of imide groups is 1. The molecule has 0 saturated carbocycles. The van der Waals surface area contributed by atoms with Crippen LogP contribution in [-0.2, 0) is 19.1 Å². The molecule has 0 fully saturated rings. The number of methoxy groups -OCH3 is 1. The number of nitrogens with two attached hydrogens (primary N) is 1. The number of carbonyl (C=O) groups excluding carboxylic acids is 4. The van der Waals surface area contributed by atoms with Crippen LogP contribution >= 0.6 is 0 Å². The molecule has 0 radical (unpaired) electrons. The van der Waals surface area contributed by atoms with E-state index in [0.717, 1.165) is 0 Å². The van der Waals surface area contributed by atoms with Crippen LogP contribution in [-0.4, -0.2) is 60.8 Å². The molecular formula is C17H32N4O6. The molecule has 0 aliphatic carbocycles. The Hall–Kier alpha value is -2.20. The van der Waals surface area contributed by atoms with Crippen LogP contribution in [0, 0.1) is 11.8 Å². The predicted octanol–water partition coefficient (Wildman–Crippen LogP) is -0.750. The molecule has 4 amide bonds. The fourth-order valence-corrected chi connectivity index (χ4v) is 2.18. The summed E-state index contributed by atoms with van der Waals surface area (Å²) in [5.74, 6) is -1.80. The SMILES string of the molecule is COC(=O)CC(O)C(CC(C)C)NC(=O)CNC(=O)NC(=O)[C@@H](N)C(C)C. The lowest BCUT2D eigenvalue weighted by atomic mass is 9.97. The normalized spacial score (nSPS) is 14.3. The maximum absolute atomic E-state index is 12.0. The summed E-state index contributed by atoms with van der Waals surface area (Å²) in [4.78, 5) is 46.7. The van der Waals surface area contributed by atoms with Crippen LogP contribution in [0.1, 0.15) is 40.5 Å². The maximum Gasteiger partial charge on any atom is 0.321 e. The average Bonchev–Trinajstić information content (AvgIpc) is 2.57. The zero-order valence-corrected chi connectivity index (χ0v) is 16.6. The number of urea groups is 1. The molecule has 0 aliphatic rings. The molecule has 10 nitrogen and oxygen atoms in total. The van der Waals surface area contributed by atoms with Crippen LogP contribution < -0.4 is 21.7 Å². The lowest BCUT2D eigenvalue weighted by Crippen LogP contribution is -2.52. The van der Waals surface area contributed by atoms with Gasteiger partial charge in [0.1, 0.15) is 0 Å². The topological polar surface area (TPSA) is 160 Å². The molecular weight excluding hydrogens is 356 g/mol. The van der Waals surface area contributed by atoms with Crippen LogP contribution in [0.3, 0.4) is 0 Å². The third-order valence-corrected chi connectivity index (χ3v) is 3.81. The number of esters is 1. The van der Waals surface area contributed by atoms with E-state index in [1.54, 1.807) is 13.8 Å². The second-order valence-electron chi connectivity index (χ2n) is 7.09. The van der Waals surface area contributed by atoms with Gasteiger partial charge in [-0.05, 0) is 18.3 Å². The molecule has 0 bridgehead atoms. The summed E-state index contributed by atoms with van der Waals surface area (Å²) in [6, 6.07) is -2.37. The highest BCUT2D eigenvalue weighted by atomic mass is 16.5. The first-order valence-corrected chi connectivity index (χ1v) is 8.86. The van der Waals surface area contributed by atoms with Crippen molar-refractivity contribution in [1.82, 2.24) is 16.0 Å². The highest BCUT2D eigenvalue weighted by molar-refractivity contribution is 5.98. The molecule has 0 aromatic rings. The van der Waals surface area contributed by atoms with Crippen LogP contribution in [0.5, 0.6) is 0 Å². The summed E-state index contributed by atoms with van der Waals surface area (Å²) in [5.41, 5.74) is 5.62.